The van der Waals surface area contributed by atoms with Crippen molar-refractivity contribution in [2.24, 2.45) is 0 Å². The minimum Gasteiger partial charge on any atom is -0.350 e. The number of hydrogen-bond donors (Lipinski definition) is 1. The lowest BCUT2D eigenvalue weighted by Crippen LogP contribution is -2.27. The van der Waals surface area contributed by atoms with E-state index in [1.165, 1.54) is 0 Å². The Bertz CT molecular complexity index is 664. The maximum absolute atomic E-state index is 12.3. The van der Waals surface area contributed by atoms with Crippen LogP contribution in [0.15, 0.2) is 41.0 Å². The minimum absolute atomic E-state index is 0.0189. The number of nitrogens with one attached hydrogen (secondary N) is 1. The Labute approximate surface area is 137 Å². The molecule has 1 amide bonds. The summed E-state index contributed by atoms with van der Waals surface area (Å²) < 4.78 is 3.02. The topological polar surface area (TPSA) is 34.0 Å². The zero-order chi connectivity index (χ0) is 14.8. The van der Waals surface area contributed by atoms with Gasteiger partial charge in [0.1, 0.15) is 5.69 Å². The van der Waals surface area contributed by atoms with E-state index in [1.54, 1.807) is 0 Å². The molecule has 1 aromatic heterocycles. The molecule has 1 saturated carbocycles. The van der Waals surface area contributed by atoms with Gasteiger partial charge in [-0.25, -0.2) is 0 Å². The summed E-state index contributed by atoms with van der Waals surface area (Å²) in [5.41, 5.74) is 1.86. The molecule has 0 spiro atoms. The Hall–Kier alpha value is -1.26. The maximum atomic E-state index is 12.3. The van der Waals surface area contributed by atoms with Crippen molar-refractivity contribution in [1.29, 1.82) is 0 Å². The molecule has 3 rings (SSSR count). The molecule has 1 fully saturated rings. The van der Waals surface area contributed by atoms with E-state index in [0.717, 1.165) is 40.0 Å². The number of amides is 1. The van der Waals surface area contributed by atoms with Crippen molar-refractivity contribution in [2.75, 3.05) is 6.54 Å². The number of benzene rings is 1. The standard InChI is InChI=1S/C16H16BrClN2O/c17-12-9-15(20(10-12)14-4-5-14)16(21)19-7-6-11-2-1-3-13(18)8-11/h1-3,8-10,14H,4-7H2,(H,19,21). The summed E-state index contributed by atoms with van der Waals surface area (Å²) in [4.78, 5) is 12.3. The van der Waals surface area contributed by atoms with E-state index in [4.69, 9.17) is 11.6 Å². The molecule has 0 unspecified atom stereocenters. The van der Waals surface area contributed by atoms with Crippen LogP contribution in [0.4, 0.5) is 0 Å². The maximum Gasteiger partial charge on any atom is 0.267 e. The predicted octanol–water partition coefficient (Wildman–Crippen LogP) is 4.21. The molecule has 1 aliphatic carbocycles. The van der Waals surface area contributed by atoms with Gasteiger partial charge >= 0.3 is 0 Å². The van der Waals surface area contributed by atoms with Crippen LogP contribution in [0.1, 0.15) is 34.9 Å². The Morgan fingerprint density at radius 1 is 1.38 bits per heavy atom. The molecule has 0 radical (unpaired) electrons. The Morgan fingerprint density at radius 2 is 2.19 bits per heavy atom. The van der Waals surface area contributed by atoms with Crippen LogP contribution in [-0.4, -0.2) is 17.0 Å². The summed E-state index contributed by atoms with van der Waals surface area (Å²) in [5, 5.41) is 3.71. The van der Waals surface area contributed by atoms with Gasteiger partial charge in [0.2, 0.25) is 0 Å². The zero-order valence-corrected chi connectivity index (χ0v) is 13.8. The van der Waals surface area contributed by atoms with Crippen molar-refractivity contribution in [2.45, 2.75) is 25.3 Å². The fraction of sp³-hybridized carbons (Fsp3) is 0.312. The first-order valence-electron chi connectivity index (χ1n) is 7.03. The van der Waals surface area contributed by atoms with E-state index >= 15 is 0 Å². The molecule has 1 N–H and O–H groups in total. The van der Waals surface area contributed by atoms with E-state index in [9.17, 15) is 4.79 Å². The van der Waals surface area contributed by atoms with E-state index in [0.29, 0.717) is 12.6 Å². The molecule has 1 aliphatic rings. The first-order chi connectivity index (χ1) is 10.1. The highest BCUT2D eigenvalue weighted by atomic mass is 79.9. The van der Waals surface area contributed by atoms with Crippen molar-refractivity contribution >= 4 is 33.4 Å². The molecule has 21 heavy (non-hydrogen) atoms. The van der Waals surface area contributed by atoms with E-state index < -0.39 is 0 Å². The average Bonchev–Trinajstić information content (AvgIpc) is 3.21. The van der Waals surface area contributed by atoms with Crippen LogP contribution in [0.2, 0.25) is 5.02 Å². The number of nitrogens with zero attached hydrogens (tertiary/aromatic N) is 1. The molecule has 0 bridgehead atoms. The third-order valence-corrected chi connectivity index (χ3v) is 4.25. The fourth-order valence-electron chi connectivity index (χ4n) is 2.39. The second-order valence-corrected chi connectivity index (χ2v) is 6.67. The Balaban J connectivity index is 1.59. The first-order valence-corrected chi connectivity index (χ1v) is 8.20. The molecule has 110 valence electrons. The monoisotopic (exact) mass is 366 g/mol. The highest BCUT2D eigenvalue weighted by Crippen LogP contribution is 2.37. The summed E-state index contributed by atoms with van der Waals surface area (Å²) in [6, 6.07) is 10.1. The Kier molecular flexibility index (Phi) is 4.36. The molecule has 0 aliphatic heterocycles. The first kappa shape index (κ1) is 14.7. The number of halogens is 2. The smallest absolute Gasteiger partial charge is 0.267 e. The highest BCUT2D eigenvalue weighted by Gasteiger charge is 2.27. The lowest BCUT2D eigenvalue weighted by atomic mass is 10.1. The summed E-state index contributed by atoms with van der Waals surface area (Å²) in [6.07, 6.45) is 5.08. The van der Waals surface area contributed by atoms with Gasteiger partial charge in [-0.1, -0.05) is 23.7 Å². The number of carbonyl (C=O) groups excluding carboxylic acids is 1. The fourth-order valence-corrected chi connectivity index (χ4v) is 3.04. The predicted molar refractivity (Wildman–Crippen MR) is 87.9 cm³/mol. The van der Waals surface area contributed by atoms with Crippen molar-refractivity contribution in [1.82, 2.24) is 9.88 Å². The summed E-state index contributed by atoms with van der Waals surface area (Å²) in [7, 11) is 0. The van der Waals surface area contributed by atoms with Crippen molar-refractivity contribution in [3.63, 3.8) is 0 Å². The SMILES string of the molecule is O=C(NCCc1cccc(Cl)c1)c1cc(Br)cn1C1CC1. The van der Waals surface area contributed by atoms with Crippen LogP contribution in [0.5, 0.6) is 0 Å². The van der Waals surface area contributed by atoms with E-state index in [1.807, 2.05) is 36.5 Å². The Morgan fingerprint density at radius 3 is 2.90 bits per heavy atom. The molecule has 2 aromatic rings. The second-order valence-electron chi connectivity index (χ2n) is 5.32. The van der Waals surface area contributed by atoms with Gasteiger partial charge in [0.05, 0.1) is 0 Å². The molecule has 3 nitrogen and oxygen atoms in total. The molecule has 0 atom stereocenters. The van der Waals surface area contributed by atoms with Gasteiger partial charge < -0.3 is 9.88 Å². The highest BCUT2D eigenvalue weighted by molar-refractivity contribution is 9.10. The third-order valence-electron chi connectivity index (χ3n) is 3.58. The molecule has 1 heterocycles. The molecule has 0 saturated heterocycles. The lowest BCUT2D eigenvalue weighted by Gasteiger charge is -2.08. The van der Waals surface area contributed by atoms with Gasteiger partial charge in [-0.15, -0.1) is 0 Å². The van der Waals surface area contributed by atoms with Crippen LogP contribution < -0.4 is 5.32 Å². The molecule has 5 heteroatoms. The molecular weight excluding hydrogens is 352 g/mol. The van der Waals surface area contributed by atoms with Gasteiger partial charge in [-0.05, 0) is 59.0 Å². The van der Waals surface area contributed by atoms with Crippen molar-refractivity contribution < 1.29 is 4.79 Å². The third kappa shape index (κ3) is 3.69. The van der Waals surface area contributed by atoms with Crippen LogP contribution in [0.3, 0.4) is 0 Å². The normalized spacial score (nSPS) is 14.2. The van der Waals surface area contributed by atoms with Gasteiger partial charge in [0, 0.05) is 28.3 Å². The van der Waals surface area contributed by atoms with Gasteiger partial charge in [0.25, 0.3) is 5.91 Å². The van der Waals surface area contributed by atoms with Crippen LogP contribution in [-0.2, 0) is 6.42 Å². The molecule has 1 aromatic carbocycles. The van der Waals surface area contributed by atoms with E-state index in [2.05, 4.69) is 25.8 Å². The second kappa shape index (κ2) is 6.24. The van der Waals surface area contributed by atoms with Crippen LogP contribution in [0.25, 0.3) is 0 Å². The van der Waals surface area contributed by atoms with Gasteiger partial charge in [-0.2, -0.15) is 0 Å². The number of hydrogen-bond acceptors (Lipinski definition) is 1. The lowest BCUT2D eigenvalue weighted by molar-refractivity contribution is 0.0944. The summed E-state index contributed by atoms with van der Waals surface area (Å²) >= 11 is 9.40. The van der Waals surface area contributed by atoms with E-state index in [-0.39, 0.29) is 5.91 Å². The van der Waals surface area contributed by atoms with Crippen molar-refractivity contribution in [3.05, 3.63) is 57.3 Å². The largest absolute Gasteiger partial charge is 0.350 e. The van der Waals surface area contributed by atoms with Gasteiger partial charge in [0.15, 0.2) is 0 Å². The van der Waals surface area contributed by atoms with Gasteiger partial charge in [-0.3, -0.25) is 4.79 Å². The number of carbonyl (C=O) groups is 1. The number of aromatic nitrogens is 1. The average molecular weight is 368 g/mol. The minimum atomic E-state index is -0.0189. The summed E-state index contributed by atoms with van der Waals surface area (Å²) in [5.74, 6) is -0.0189. The molecular formula is C16H16BrClN2O. The van der Waals surface area contributed by atoms with Crippen LogP contribution in [0, 0.1) is 0 Å². The van der Waals surface area contributed by atoms with Crippen LogP contribution >= 0.6 is 27.5 Å². The van der Waals surface area contributed by atoms with Crippen molar-refractivity contribution in [3.8, 4) is 0 Å². The zero-order valence-electron chi connectivity index (χ0n) is 11.5. The summed E-state index contributed by atoms with van der Waals surface area (Å²) in [6.45, 7) is 0.604. The quantitative estimate of drug-likeness (QED) is 0.844. The number of rotatable bonds is 5.